The molecule has 4 heteroatoms. The number of nitrogens with zero attached hydrogens (tertiary/aromatic N) is 2. The molecule has 0 amide bonds. The van der Waals surface area contributed by atoms with E-state index in [0.717, 1.165) is 35.7 Å². The van der Waals surface area contributed by atoms with E-state index in [1.54, 1.807) is 0 Å². The Kier molecular flexibility index (Phi) is 4.22. The van der Waals surface area contributed by atoms with Crippen molar-refractivity contribution in [3.8, 4) is 11.1 Å². The Hall–Kier alpha value is -1.13. The van der Waals surface area contributed by atoms with Gasteiger partial charge in [-0.3, -0.25) is 4.68 Å². The van der Waals surface area contributed by atoms with Crippen LogP contribution in [0.25, 0.3) is 11.1 Å². The fourth-order valence-electron chi connectivity index (χ4n) is 2.88. The van der Waals surface area contributed by atoms with E-state index in [0.29, 0.717) is 0 Å². The summed E-state index contributed by atoms with van der Waals surface area (Å²) >= 11 is 3.63. The van der Waals surface area contributed by atoms with Gasteiger partial charge in [0, 0.05) is 22.8 Å². The quantitative estimate of drug-likeness (QED) is 0.929. The molecule has 3 nitrogen and oxygen atoms in total. The van der Waals surface area contributed by atoms with Crippen molar-refractivity contribution in [2.75, 3.05) is 13.1 Å². The maximum atomic E-state index is 4.70. The van der Waals surface area contributed by atoms with Crippen LogP contribution in [0.2, 0.25) is 0 Å². The minimum Gasteiger partial charge on any atom is -0.317 e. The Balaban J connectivity index is 1.82. The topological polar surface area (TPSA) is 29.9 Å². The second-order valence-corrected chi connectivity index (χ2v) is 6.38. The van der Waals surface area contributed by atoms with E-state index in [2.05, 4.69) is 57.2 Å². The highest BCUT2D eigenvalue weighted by Crippen LogP contribution is 2.30. The number of hydrogen-bond donors (Lipinski definition) is 1. The predicted octanol–water partition coefficient (Wildman–Crippen LogP) is 3.62. The third-order valence-electron chi connectivity index (χ3n) is 4.01. The minimum atomic E-state index is 0.752. The van der Waals surface area contributed by atoms with Crippen LogP contribution in [-0.2, 0) is 6.54 Å². The van der Waals surface area contributed by atoms with E-state index in [1.165, 1.54) is 24.0 Å². The number of piperidine rings is 1. The summed E-state index contributed by atoms with van der Waals surface area (Å²) in [6.07, 6.45) is 4.70. The summed E-state index contributed by atoms with van der Waals surface area (Å²) in [5.74, 6) is 0.752. The van der Waals surface area contributed by atoms with Crippen LogP contribution in [0.3, 0.4) is 0 Å². The van der Waals surface area contributed by atoms with Crippen molar-refractivity contribution in [2.24, 2.45) is 5.92 Å². The molecule has 1 fully saturated rings. The molecule has 1 aliphatic rings. The molecule has 2 heterocycles. The van der Waals surface area contributed by atoms with Crippen molar-refractivity contribution in [1.29, 1.82) is 0 Å². The summed E-state index contributed by atoms with van der Waals surface area (Å²) in [5, 5.41) is 8.11. The summed E-state index contributed by atoms with van der Waals surface area (Å²) in [7, 11) is 0. The van der Waals surface area contributed by atoms with Gasteiger partial charge in [-0.1, -0.05) is 34.1 Å². The van der Waals surface area contributed by atoms with Crippen LogP contribution in [0.1, 0.15) is 18.5 Å². The van der Waals surface area contributed by atoms with Gasteiger partial charge in [0.1, 0.15) is 0 Å². The summed E-state index contributed by atoms with van der Waals surface area (Å²) in [6.45, 7) is 5.41. The lowest BCUT2D eigenvalue weighted by molar-refractivity contribution is 0.321. The molecule has 20 heavy (non-hydrogen) atoms. The summed E-state index contributed by atoms with van der Waals surface area (Å²) < 4.78 is 3.25. The van der Waals surface area contributed by atoms with E-state index in [4.69, 9.17) is 5.10 Å². The molecular formula is C16H20BrN3. The Labute approximate surface area is 128 Å². The van der Waals surface area contributed by atoms with Gasteiger partial charge in [-0.2, -0.15) is 5.10 Å². The Morgan fingerprint density at radius 1 is 1.25 bits per heavy atom. The highest BCUT2D eigenvalue weighted by molar-refractivity contribution is 9.10. The smallest absolute Gasteiger partial charge is 0.0672 e. The molecule has 0 aliphatic carbocycles. The third kappa shape index (κ3) is 2.96. The van der Waals surface area contributed by atoms with Crippen LogP contribution in [0.15, 0.2) is 34.9 Å². The number of benzene rings is 1. The Morgan fingerprint density at radius 3 is 2.75 bits per heavy atom. The zero-order valence-corrected chi connectivity index (χ0v) is 13.4. The molecule has 1 saturated heterocycles. The van der Waals surface area contributed by atoms with E-state index in [9.17, 15) is 0 Å². The normalized spacial score (nSPS) is 16.5. The van der Waals surface area contributed by atoms with Crippen molar-refractivity contribution in [3.63, 3.8) is 0 Å². The number of rotatable bonds is 3. The van der Waals surface area contributed by atoms with Gasteiger partial charge in [0.15, 0.2) is 0 Å². The molecule has 2 aromatic rings. The van der Waals surface area contributed by atoms with Crippen molar-refractivity contribution in [2.45, 2.75) is 26.3 Å². The van der Waals surface area contributed by atoms with Crippen LogP contribution < -0.4 is 5.32 Å². The standard InChI is InChI=1S/C16H20BrN3/c1-12-15(14-4-2-3-5-16(14)17)11-20(19-12)10-13-6-8-18-9-7-13/h2-5,11,13,18H,6-10H2,1H3. The van der Waals surface area contributed by atoms with E-state index < -0.39 is 0 Å². The summed E-state index contributed by atoms with van der Waals surface area (Å²) in [5.41, 5.74) is 3.55. The zero-order chi connectivity index (χ0) is 13.9. The van der Waals surface area contributed by atoms with E-state index in [1.807, 2.05) is 6.07 Å². The van der Waals surface area contributed by atoms with Gasteiger partial charge in [0.25, 0.3) is 0 Å². The Morgan fingerprint density at radius 2 is 2.00 bits per heavy atom. The van der Waals surface area contributed by atoms with Crippen LogP contribution in [-0.4, -0.2) is 22.9 Å². The first-order valence-electron chi connectivity index (χ1n) is 7.23. The highest BCUT2D eigenvalue weighted by Gasteiger charge is 2.16. The van der Waals surface area contributed by atoms with Gasteiger partial charge in [0.2, 0.25) is 0 Å². The lowest BCUT2D eigenvalue weighted by atomic mass is 9.98. The number of nitrogens with one attached hydrogen (secondary N) is 1. The third-order valence-corrected chi connectivity index (χ3v) is 4.71. The van der Waals surface area contributed by atoms with Crippen molar-refractivity contribution < 1.29 is 0 Å². The SMILES string of the molecule is Cc1nn(CC2CCNCC2)cc1-c1ccccc1Br. The van der Waals surface area contributed by atoms with Crippen molar-refractivity contribution in [3.05, 3.63) is 40.6 Å². The molecule has 1 N–H and O–H groups in total. The molecule has 0 radical (unpaired) electrons. The van der Waals surface area contributed by atoms with Crippen molar-refractivity contribution in [1.82, 2.24) is 15.1 Å². The first-order valence-corrected chi connectivity index (χ1v) is 8.03. The average molecular weight is 334 g/mol. The number of aromatic nitrogens is 2. The Bertz CT molecular complexity index is 585. The van der Waals surface area contributed by atoms with Gasteiger partial charge in [-0.15, -0.1) is 0 Å². The molecule has 0 unspecified atom stereocenters. The maximum absolute atomic E-state index is 4.70. The summed E-state index contributed by atoms with van der Waals surface area (Å²) in [4.78, 5) is 0. The van der Waals surface area contributed by atoms with Gasteiger partial charge in [-0.25, -0.2) is 0 Å². The lowest BCUT2D eigenvalue weighted by Crippen LogP contribution is -2.30. The minimum absolute atomic E-state index is 0.752. The molecule has 3 rings (SSSR count). The van der Waals surface area contributed by atoms with Crippen molar-refractivity contribution >= 4 is 15.9 Å². The first kappa shape index (κ1) is 13.8. The second-order valence-electron chi connectivity index (χ2n) is 5.52. The van der Waals surface area contributed by atoms with Gasteiger partial charge in [0.05, 0.1) is 5.69 Å². The zero-order valence-electron chi connectivity index (χ0n) is 11.8. The second kappa shape index (κ2) is 6.10. The highest BCUT2D eigenvalue weighted by atomic mass is 79.9. The lowest BCUT2D eigenvalue weighted by Gasteiger charge is -2.22. The fourth-order valence-corrected chi connectivity index (χ4v) is 3.38. The average Bonchev–Trinajstić information content (AvgIpc) is 2.81. The van der Waals surface area contributed by atoms with Crippen LogP contribution in [0.5, 0.6) is 0 Å². The summed E-state index contributed by atoms with van der Waals surface area (Å²) in [6, 6.07) is 8.34. The molecular weight excluding hydrogens is 314 g/mol. The molecule has 106 valence electrons. The van der Waals surface area contributed by atoms with Crippen LogP contribution in [0, 0.1) is 12.8 Å². The molecule has 0 atom stereocenters. The number of aryl methyl sites for hydroxylation is 1. The molecule has 0 spiro atoms. The molecule has 1 aromatic carbocycles. The van der Waals surface area contributed by atoms with Crippen LogP contribution >= 0.6 is 15.9 Å². The number of hydrogen-bond acceptors (Lipinski definition) is 2. The number of halogens is 1. The molecule has 1 aliphatic heterocycles. The first-order chi connectivity index (χ1) is 9.74. The maximum Gasteiger partial charge on any atom is 0.0672 e. The molecule has 0 saturated carbocycles. The fraction of sp³-hybridized carbons (Fsp3) is 0.438. The van der Waals surface area contributed by atoms with Gasteiger partial charge in [-0.05, 0) is 50.4 Å². The van der Waals surface area contributed by atoms with E-state index in [-0.39, 0.29) is 0 Å². The predicted molar refractivity (Wildman–Crippen MR) is 85.7 cm³/mol. The van der Waals surface area contributed by atoms with Gasteiger partial charge >= 0.3 is 0 Å². The van der Waals surface area contributed by atoms with Gasteiger partial charge < -0.3 is 5.32 Å². The van der Waals surface area contributed by atoms with E-state index >= 15 is 0 Å². The van der Waals surface area contributed by atoms with Crippen LogP contribution in [0.4, 0.5) is 0 Å². The molecule has 0 bridgehead atoms. The monoisotopic (exact) mass is 333 g/mol. The molecule has 1 aromatic heterocycles. The largest absolute Gasteiger partial charge is 0.317 e.